The highest BCUT2D eigenvalue weighted by Gasteiger charge is 2.14. The standard InChI is InChI=1S/C14H19N3O4S/c1-14(2,3)16-12(18)8-15-13(19)9-22-11-6-4-10(5-7-11)17(20)21/h4-7H,8-9H2,1-3H3,(H,15,19)(H,16,18). The van der Waals surface area contributed by atoms with Crippen molar-refractivity contribution in [2.45, 2.75) is 31.2 Å². The minimum absolute atomic E-state index is 0.00709. The third-order valence-electron chi connectivity index (χ3n) is 2.38. The monoisotopic (exact) mass is 325 g/mol. The predicted octanol–water partition coefficient (Wildman–Crippen LogP) is 1.72. The minimum atomic E-state index is -0.477. The Morgan fingerprint density at radius 2 is 1.77 bits per heavy atom. The number of amides is 2. The molecule has 0 fully saturated rings. The van der Waals surface area contributed by atoms with Gasteiger partial charge in [-0.3, -0.25) is 19.7 Å². The van der Waals surface area contributed by atoms with E-state index in [4.69, 9.17) is 0 Å². The third-order valence-corrected chi connectivity index (χ3v) is 3.39. The maximum atomic E-state index is 11.6. The highest BCUT2D eigenvalue weighted by atomic mass is 32.2. The molecule has 0 spiro atoms. The van der Waals surface area contributed by atoms with Crippen molar-refractivity contribution in [3.8, 4) is 0 Å². The Balaban J connectivity index is 2.34. The van der Waals surface area contributed by atoms with E-state index in [0.717, 1.165) is 4.90 Å². The van der Waals surface area contributed by atoms with Crippen molar-refractivity contribution in [2.24, 2.45) is 0 Å². The average molecular weight is 325 g/mol. The molecule has 7 nitrogen and oxygen atoms in total. The molecule has 2 N–H and O–H groups in total. The number of carbonyl (C=O) groups excluding carboxylic acids is 2. The fourth-order valence-corrected chi connectivity index (χ4v) is 2.23. The Morgan fingerprint density at radius 1 is 1.18 bits per heavy atom. The lowest BCUT2D eigenvalue weighted by molar-refractivity contribution is -0.384. The first-order chi connectivity index (χ1) is 10.2. The van der Waals surface area contributed by atoms with E-state index < -0.39 is 4.92 Å². The zero-order valence-corrected chi connectivity index (χ0v) is 13.5. The van der Waals surface area contributed by atoms with Crippen LogP contribution in [0.5, 0.6) is 0 Å². The zero-order chi connectivity index (χ0) is 16.8. The molecule has 1 aromatic rings. The normalized spacial score (nSPS) is 10.9. The van der Waals surface area contributed by atoms with Crippen LogP contribution in [0.4, 0.5) is 5.69 Å². The van der Waals surface area contributed by atoms with E-state index in [2.05, 4.69) is 10.6 Å². The van der Waals surface area contributed by atoms with Crippen molar-refractivity contribution in [2.75, 3.05) is 12.3 Å². The SMILES string of the molecule is CC(C)(C)NC(=O)CNC(=O)CSc1ccc([N+](=O)[O-])cc1. The number of non-ortho nitro benzene ring substituents is 1. The van der Waals surface area contributed by atoms with Crippen LogP contribution in [0.15, 0.2) is 29.2 Å². The molecule has 8 heteroatoms. The minimum Gasteiger partial charge on any atom is -0.350 e. The lowest BCUT2D eigenvalue weighted by atomic mass is 10.1. The van der Waals surface area contributed by atoms with Crippen LogP contribution in [0.3, 0.4) is 0 Å². The van der Waals surface area contributed by atoms with Gasteiger partial charge in [-0.25, -0.2) is 0 Å². The molecule has 0 bridgehead atoms. The van der Waals surface area contributed by atoms with Crippen molar-refractivity contribution in [3.05, 3.63) is 34.4 Å². The van der Waals surface area contributed by atoms with E-state index in [9.17, 15) is 19.7 Å². The molecule has 0 radical (unpaired) electrons. The van der Waals surface area contributed by atoms with E-state index in [0.29, 0.717) is 0 Å². The van der Waals surface area contributed by atoms with Gasteiger partial charge in [0.05, 0.1) is 17.2 Å². The van der Waals surface area contributed by atoms with Crippen molar-refractivity contribution in [1.82, 2.24) is 10.6 Å². The topological polar surface area (TPSA) is 101 Å². The van der Waals surface area contributed by atoms with Gasteiger partial charge >= 0.3 is 0 Å². The summed E-state index contributed by atoms with van der Waals surface area (Å²) in [6.45, 7) is 5.50. The van der Waals surface area contributed by atoms with Crippen LogP contribution in [0.2, 0.25) is 0 Å². The number of nitro groups is 1. The Hall–Kier alpha value is -2.09. The molecule has 0 heterocycles. The van der Waals surface area contributed by atoms with Crippen molar-refractivity contribution >= 4 is 29.3 Å². The van der Waals surface area contributed by atoms with Crippen LogP contribution in [-0.4, -0.2) is 34.6 Å². The van der Waals surface area contributed by atoms with Gasteiger partial charge in [0.15, 0.2) is 0 Å². The van der Waals surface area contributed by atoms with Crippen molar-refractivity contribution in [3.63, 3.8) is 0 Å². The Labute approximate surface area is 133 Å². The van der Waals surface area contributed by atoms with Gasteiger partial charge in [0.1, 0.15) is 0 Å². The Bertz CT molecular complexity index is 552. The quantitative estimate of drug-likeness (QED) is 0.471. The number of nitro benzene ring substituents is 1. The van der Waals surface area contributed by atoms with Crippen LogP contribution in [-0.2, 0) is 9.59 Å². The summed E-state index contributed by atoms with van der Waals surface area (Å²) in [5, 5.41) is 15.8. The van der Waals surface area contributed by atoms with Crippen LogP contribution in [0.25, 0.3) is 0 Å². The zero-order valence-electron chi connectivity index (χ0n) is 12.7. The molecule has 2 amide bonds. The van der Waals surface area contributed by atoms with E-state index in [1.54, 1.807) is 12.1 Å². The number of hydrogen-bond donors (Lipinski definition) is 2. The summed E-state index contributed by atoms with van der Waals surface area (Å²) in [5.41, 5.74) is -0.331. The maximum absolute atomic E-state index is 11.6. The number of nitrogens with zero attached hydrogens (tertiary/aromatic N) is 1. The van der Waals surface area contributed by atoms with Gasteiger partial charge in [-0.2, -0.15) is 0 Å². The number of nitrogens with one attached hydrogen (secondary N) is 2. The fourth-order valence-electron chi connectivity index (χ4n) is 1.51. The molecular formula is C14H19N3O4S. The summed E-state index contributed by atoms with van der Waals surface area (Å²) in [4.78, 5) is 34.0. The van der Waals surface area contributed by atoms with Crippen LogP contribution >= 0.6 is 11.8 Å². The average Bonchev–Trinajstić information content (AvgIpc) is 2.41. The van der Waals surface area contributed by atoms with Gasteiger partial charge < -0.3 is 10.6 Å². The smallest absolute Gasteiger partial charge is 0.269 e. The summed E-state index contributed by atoms with van der Waals surface area (Å²) in [6.07, 6.45) is 0. The molecule has 0 aliphatic rings. The van der Waals surface area contributed by atoms with E-state index >= 15 is 0 Å². The van der Waals surface area contributed by atoms with E-state index in [-0.39, 0.29) is 35.3 Å². The number of benzene rings is 1. The molecule has 0 aliphatic heterocycles. The van der Waals surface area contributed by atoms with Gasteiger partial charge in [0.25, 0.3) is 5.69 Å². The molecule has 22 heavy (non-hydrogen) atoms. The lowest BCUT2D eigenvalue weighted by Gasteiger charge is -2.20. The Kier molecular flexibility index (Phi) is 6.36. The second-order valence-electron chi connectivity index (χ2n) is 5.61. The van der Waals surface area contributed by atoms with E-state index in [1.807, 2.05) is 20.8 Å². The third kappa shape index (κ3) is 7.07. The highest BCUT2D eigenvalue weighted by molar-refractivity contribution is 8.00. The van der Waals surface area contributed by atoms with Crippen molar-refractivity contribution in [1.29, 1.82) is 0 Å². The van der Waals surface area contributed by atoms with E-state index in [1.165, 1.54) is 23.9 Å². The molecule has 120 valence electrons. The second kappa shape index (κ2) is 7.79. The van der Waals surface area contributed by atoms with Gasteiger partial charge in [-0.05, 0) is 32.9 Å². The highest BCUT2D eigenvalue weighted by Crippen LogP contribution is 2.20. The number of rotatable bonds is 6. The lowest BCUT2D eigenvalue weighted by Crippen LogP contribution is -2.46. The van der Waals surface area contributed by atoms with Crippen LogP contribution in [0.1, 0.15) is 20.8 Å². The molecule has 0 atom stereocenters. The molecular weight excluding hydrogens is 306 g/mol. The maximum Gasteiger partial charge on any atom is 0.269 e. The summed E-state index contributed by atoms with van der Waals surface area (Å²) >= 11 is 1.25. The summed E-state index contributed by atoms with van der Waals surface area (Å²) in [7, 11) is 0. The first-order valence-corrected chi connectivity index (χ1v) is 7.61. The fraction of sp³-hybridized carbons (Fsp3) is 0.429. The molecule has 0 unspecified atom stereocenters. The largest absolute Gasteiger partial charge is 0.350 e. The van der Waals surface area contributed by atoms with Crippen LogP contribution in [0, 0.1) is 10.1 Å². The summed E-state index contributed by atoms with van der Waals surface area (Å²) in [5.74, 6) is -0.380. The molecule has 1 aromatic carbocycles. The number of thioether (sulfide) groups is 1. The Morgan fingerprint density at radius 3 is 2.27 bits per heavy atom. The summed E-state index contributed by atoms with van der Waals surface area (Å²) in [6, 6.07) is 5.94. The molecule has 0 saturated heterocycles. The van der Waals surface area contributed by atoms with Gasteiger partial charge in [-0.1, -0.05) is 0 Å². The second-order valence-corrected chi connectivity index (χ2v) is 6.66. The predicted molar refractivity (Wildman–Crippen MR) is 84.7 cm³/mol. The van der Waals surface area contributed by atoms with Gasteiger partial charge in [0, 0.05) is 22.6 Å². The first-order valence-electron chi connectivity index (χ1n) is 6.62. The van der Waals surface area contributed by atoms with Crippen LogP contribution < -0.4 is 10.6 Å². The first kappa shape index (κ1) is 18.0. The molecule has 0 aromatic heterocycles. The number of hydrogen-bond acceptors (Lipinski definition) is 5. The molecule has 0 saturated carbocycles. The van der Waals surface area contributed by atoms with Gasteiger partial charge in [0.2, 0.25) is 11.8 Å². The van der Waals surface area contributed by atoms with Crippen molar-refractivity contribution < 1.29 is 14.5 Å². The number of carbonyl (C=O) groups is 2. The van der Waals surface area contributed by atoms with Gasteiger partial charge in [-0.15, -0.1) is 11.8 Å². The molecule has 0 aliphatic carbocycles. The molecule has 1 rings (SSSR count). The summed E-state index contributed by atoms with van der Waals surface area (Å²) < 4.78 is 0.